The maximum Gasteiger partial charge on any atom is 0.245 e. The summed E-state index contributed by atoms with van der Waals surface area (Å²) in [6.07, 6.45) is 2.12. The Balaban J connectivity index is 1.94. The lowest BCUT2D eigenvalue weighted by molar-refractivity contribution is -0.136. The molecule has 2 saturated heterocycles. The molecule has 5 heteroatoms. The number of likely N-dealkylation sites (tertiary alicyclic amines) is 1. The van der Waals surface area contributed by atoms with Gasteiger partial charge < -0.3 is 16.0 Å². The van der Waals surface area contributed by atoms with E-state index < -0.39 is 0 Å². The summed E-state index contributed by atoms with van der Waals surface area (Å²) in [6, 6.07) is -0.297. The third kappa shape index (κ3) is 2.60. The number of carbonyl (C=O) groups excluding carboxylic acids is 2. The first kappa shape index (κ1) is 12.4. The Kier molecular flexibility index (Phi) is 3.66. The third-order valence-corrected chi connectivity index (χ3v) is 4.02. The van der Waals surface area contributed by atoms with Crippen molar-refractivity contribution >= 4 is 11.8 Å². The molecular weight excluding hydrogens is 218 g/mol. The van der Waals surface area contributed by atoms with Crippen LogP contribution in [0.25, 0.3) is 0 Å². The predicted octanol–water partition coefficient (Wildman–Crippen LogP) is -0.292. The quantitative estimate of drug-likeness (QED) is 0.695. The number of nitrogens with one attached hydrogen (secondary N) is 1. The predicted molar refractivity (Wildman–Crippen MR) is 64.1 cm³/mol. The molecule has 0 aromatic heterocycles. The van der Waals surface area contributed by atoms with Gasteiger partial charge in [0.2, 0.25) is 11.8 Å². The molecule has 2 amide bonds. The Morgan fingerprint density at radius 2 is 2.29 bits per heavy atom. The summed E-state index contributed by atoms with van der Waals surface area (Å²) >= 11 is 0. The maximum atomic E-state index is 12.2. The lowest BCUT2D eigenvalue weighted by Crippen LogP contribution is -2.51. The minimum Gasteiger partial charge on any atom is -0.344 e. The summed E-state index contributed by atoms with van der Waals surface area (Å²) in [5.41, 5.74) is 5.72. The second kappa shape index (κ2) is 5.04. The molecule has 2 fully saturated rings. The molecule has 3 N–H and O–H groups in total. The van der Waals surface area contributed by atoms with Crippen molar-refractivity contribution in [3.05, 3.63) is 0 Å². The van der Waals surface area contributed by atoms with Crippen LogP contribution in [0.5, 0.6) is 0 Å². The van der Waals surface area contributed by atoms with Crippen LogP contribution in [0.4, 0.5) is 0 Å². The van der Waals surface area contributed by atoms with Crippen LogP contribution in [-0.2, 0) is 9.59 Å². The van der Waals surface area contributed by atoms with Gasteiger partial charge in [0.1, 0.15) is 6.04 Å². The van der Waals surface area contributed by atoms with Crippen LogP contribution in [0, 0.1) is 11.8 Å². The molecule has 5 nitrogen and oxygen atoms in total. The lowest BCUT2D eigenvalue weighted by atomic mass is 9.87. The monoisotopic (exact) mass is 239 g/mol. The Hall–Kier alpha value is -1.10. The van der Waals surface area contributed by atoms with E-state index in [0.717, 1.165) is 19.5 Å². The first-order valence-corrected chi connectivity index (χ1v) is 6.40. The van der Waals surface area contributed by atoms with Crippen molar-refractivity contribution in [3.8, 4) is 0 Å². The van der Waals surface area contributed by atoms with Crippen molar-refractivity contribution in [2.75, 3.05) is 19.6 Å². The van der Waals surface area contributed by atoms with Crippen molar-refractivity contribution < 1.29 is 9.59 Å². The van der Waals surface area contributed by atoms with Crippen LogP contribution in [-0.4, -0.2) is 42.4 Å². The Morgan fingerprint density at radius 1 is 1.53 bits per heavy atom. The number of nitrogens with two attached hydrogens (primary N) is 1. The van der Waals surface area contributed by atoms with Gasteiger partial charge in [0.05, 0.1) is 0 Å². The van der Waals surface area contributed by atoms with E-state index >= 15 is 0 Å². The van der Waals surface area contributed by atoms with E-state index in [9.17, 15) is 9.59 Å². The average molecular weight is 239 g/mol. The zero-order valence-corrected chi connectivity index (χ0v) is 10.3. The number of piperidine rings is 1. The van der Waals surface area contributed by atoms with Gasteiger partial charge in [0.25, 0.3) is 0 Å². The molecule has 0 aliphatic carbocycles. The standard InChI is InChI=1S/C12H21N3O2/c1-8-4-5-15(7-9(8)6-13)12(17)10-2-3-11(16)14-10/h8-10H,2-7,13H2,1H3,(H,14,16)/t8?,9?,10-/m1/s1. The highest BCUT2D eigenvalue weighted by atomic mass is 16.2. The molecule has 2 unspecified atom stereocenters. The van der Waals surface area contributed by atoms with Crippen LogP contribution in [0.15, 0.2) is 0 Å². The van der Waals surface area contributed by atoms with E-state index in [1.165, 1.54) is 0 Å². The van der Waals surface area contributed by atoms with Gasteiger partial charge in [-0.25, -0.2) is 0 Å². The number of hydrogen-bond donors (Lipinski definition) is 2. The highest BCUT2D eigenvalue weighted by Gasteiger charge is 2.34. The summed E-state index contributed by atoms with van der Waals surface area (Å²) < 4.78 is 0. The molecule has 17 heavy (non-hydrogen) atoms. The molecular formula is C12H21N3O2. The highest BCUT2D eigenvalue weighted by molar-refractivity contribution is 5.90. The van der Waals surface area contributed by atoms with E-state index in [-0.39, 0.29) is 17.9 Å². The van der Waals surface area contributed by atoms with E-state index in [4.69, 9.17) is 5.73 Å². The fourth-order valence-corrected chi connectivity index (χ4v) is 2.68. The molecule has 2 aliphatic heterocycles. The zero-order chi connectivity index (χ0) is 12.4. The molecule has 0 aromatic rings. The Morgan fingerprint density at radius 3 is 2.88 bits per heavy atom. The topological polar surface area (TPSA) is 75.4 Å². The Labute approximate surface area is 102 Å². The maximum absolute atomic E-state index is 12.2. The van der Waals surface area contributed by atoms with Gasteiger partial charge in [-0.2, -0.15) is 0 Å². The van der Waals surface area contributed by atoms with Crippen molar-refractivity contribution in [1.82, 2.24) is 10.2 Å². The minimum atomic E-state index is -0.297. The first-order valence-electron chi connectivity index (χ1n) is 6.40. The van der Waals surface area contributed by atoms with Crippen molar-refractivity contribution in [2.24, 2.45) is 17.6 Å². The minimum absolute atomic E-state index is 0.0101. The van der Waals surface area contributed by atoms with Gasteiger partial charge in [-0.15, -0.1) is 0 Å². The summed E-state index contributed by atoms with van der Waals surface area (Å²) in [5.74, 6) is 1.04. The highest BCUT2D eigenvalue weighted by Crippen LogP contribution is 2.23. The van der Waals surface area contributed by atoms with E-state index in [1.807, 2.05) is 4.90 Å². The molecule has 0 spiro atoms. The number of carbonyl (C=O) groups is 2. The SMILES string of the molecule is CC1CCN(C(=O)[C@H]2CCC(=O)N2)CC1CN. The fourth-order valence-electron chi connectivity index (χ4n) is 2.68. The number of hydrogen-bond acceptors (Lipinski definition) is 3. The molecule has 0 saturated carbocycles. The van der Waals surface area contributed by atoms with Gasteiger partial charge >= 0.3 is 0 Å². The van der Waals surface area contributed by atoms with Crippen LogP contribution in [0.1, 0.15) is 26.2 Å². The number of nitrogens with zero attached hydrogens (tertiary/aromatic N) is 1. The molecule has 3 atom stereocenters. The molecule has 2 aliphatic rings. The summed E-state index contributed by atoms with van der Waals surface area (Å²) in [4.78, 5) is 25.2. The van der Waals surface area contributed by atoms with Crippen LogP contribution >= 0.6 is 0 Å². The van der Waals surface area contributed by atoms with Crippen LogP contribution in [0.2, 0.25) is 0 Å². The number of rotatable bonds is 2. The first-order chi connectivity index (χ1) is 8.11. The van der Waals surface area contributed by atoms with Crippen LogP contribution in [0.3, 0.4) is 0 Å². The van der Waals surface area contributed by atoms with Crippen LogP contribution < -0.4 is 11.1 Å². The van der Waals surface area contributed by atoms with Gasteiger partial charge in [-0.3, -0.25) is 9.59 Å². The van der Waals surface area contributed by atoms with E-state index in [0.29, 0.717) is 31.2 Å². The van der Waals surface area contributed by atoms with Crippen molar-refractivity contribution in [1.29, 1.82) is 0 Å². The third-order valence-electron chi connectivity index (χ3n) is 4.02. The van der Waals surface area contributed by atoms with Crippen molar-refractivity contribution in [3.63, 3.8) is 0 Å². The smallest absolute Gasteiger partial charge is 0.245 e. The van der Waals surface area contributed by atoms with Gasteiger partial charge in [-0.1, -0.05) is 6.92 Å². The molecule has 0 bridgehead atoms. The summed E-state index contributed by atoms with van der Waals surface area (Å²) in [7, 11) is 0. The second-order valence-corrected chi connectivity index (χ2v) is 5.20. The normalized spacial score (nSPS) is 33.6. The van der Waals surface area contributed by atoms with Gasteiger partial charge in [0, 0.05) is 19.5 Å². The molecule has 0 aromatic carbocycles. The van der Waals surface area contributed by atoms with E-state index in [2.05, 4.69) is 12.2 Å². The lowest BCUT2D eigenvalue weighted by Gasteiger charge is -2.37. The molecule has 0 radical (unpaired) electrons. The van der Waals surface area contributed by atoms with Gasteiger partial charge in [-0.05, 0) is 31.2 Å². The number of amides is 2. The second-order valence-electron chi connectivity index (χ2n) is 5.20. The molecule has 96 valence electrons. The largest absolute Gasteiger partial charge is 0.344 e. The zero-order valence-electron chi connectivity index (χ0n) is 10.3. The molecule has 2 heterocycles. The Bertz CT molecular complexity index is 319. The average Bonchev–Trinajstić information content (AvgIpc) is 2.75. The summed E-state index contributed by atoms with van der Waals surface area (Å²) in [5, 5.41) is 2.73. The summed E-state index contributed by atoms with van der Waals surface area (Å²) in [6.45, 7) is 4.35. The van der Waals surface area contributed by atoms with Gasteiger partial charge in [0.15, 0.2) is 0 Å². The fraction of sp³-hybridized carbons (Fsp3) is 0.833. The van der Waals surface area contributed by atoms with Crippen molar-refractivity contribution in [2.45, 2.75) is 32.2 Å². The molecule has 2 rings (SSSR count). The van der Waals surface area contributed by atoms with E-state index in [1.54, 1.807) is 0 Å².